The van der Waals surface area contributed by atoms with Gasteiger partial charge in [-0.3, -0.25) is 9.59 Å². The molecule has 26 heavy (non-hydrogen) atoms. The lowest BCUT2D eigenvalue weighted by molar-refractivity contribution is -0.132. The molecule has 1 unspecified atom stereocenters. The predicted molar refractivity (Wildman–Crippen MR) is 93.8 cm³/mol. The molecule has 0 bridgehead atoms. The van der Waals surface area contributed by atoms with Crippen LogP contribution in [0.1, 0.15) is 15.9 Å². The van der Waals surface area contributed by atoms with E-state index in [-0.39, 0.29) is 24.5 Å². The highest BCUT2D eigenvalue weighted by Crippen LogP contribution is 2.17. The summed E-state index contributed by atoms with van der Waals surface area (Å²) in [6.45, 7) is 1.25. The summed E-state index contributed by atoms with van der Waals surface area (Å²) in [7, 11) is 3.20. The van der Waals surface area contributed by atoms with Crippen molar-refractivity contribution < 1.29 is 23.5 Å². The van der Waals surface area contributed by atoms with Crippen LogP contribution in [0.15, 0.2) is 47.3 Å². The van der Waals surface area contributed by atoms with Gasteiger partial charge < -0.3 is 23.7 Å². The van der Waals surface area contributed by atoms with Gasteiger partial charge in [0.1, 0.15) is 18.6 Å². The molecule has 0 saturated carbocycles. The largest absolute Gasteiger partial charge is 0.497 e. The van der Waals surface area contributed by atoms with Crippen molar-refractivity contribution in [1.29, 1.82) is 0 Å². The van der Waals surface area contributed by atoms with E-state index in [2.05, 4.69) is 0 Å². The summed E-state index contributed by atoms with van der Waals surface area (Å²) in [5.74, 6) is 0.417. The highest BCUT2D eigenvalue weighted by Gasteiger charge is 2.31. The molecule has 3 rings (SSSR count). The smallest absolute Gasteiger partial charge is 0.257 e. The van der Waals surface area contributed by atoms with Gasteiger partial charge in [-0.1, -0.05) is 12.1 Å². The topological polar surface area (TPSA) is 72.2 Å². The Bertz CT molecular complexity index is 742. The van der Waals surface area contributed by atoms with E-state index in [1.165, 1.54) is 17.4 Å². The third kappa shape index (κ3) is 4.05. The van der Waals surface area contributed by atoms with E-state index in [1.54, 1.807) is 25.2 Å². The molecule has 1 atom stereocenters. The average Bonchev–Trinajstić information content (AvgIpc) is 3.15. The Morgan fingerprint density at radius 2 is 1.96 bits per heavy atom. The van der Waals surface area contributed by atoms with E-state index in [9.17, 15) is 9.59 Å². The fourth-order valence-electron chi connectivity index (χ4n) is 2.96. The summed E-state index contributed by atoms with van der Waals surface area (Å²) < 4.78 is 15.6. The minimum absolute atomic E-state index is 0.0139. The highest BCUT2D eigenvalue weighted by molar-refractivity contribution is 5.96. The Morgan fingerprint density at radius 3 is 2.58 bits per heavy atom. The zero-order valence-electron chi connectivity index (χ0n) is 14.9. The number of benzene rings is 1. The normalized spacial score (nSPS) is 17.9. The quantitative estimate of drug-likeness (QED) is 0.815. The van der Waals surface area contributed by atoms with Crippen LogP contribution in [0.5, 0.6) is 5.75 Å². The van der Waals surface area contributed by atoms with Gasteiger partial charge in [-0.25, -0.2) is 0 Å². The molecule has 0 spiro atoms. The van der Waals surface area contributed by atoms with Crippen LogP contribution in [-0.4, -0.2) is 61.6 Å². The van der Waals surface area contributed by atoms with Crippen LogP contribution in [0.4, 0.5) is 0 Å². The Labute approximate surface area is 152 Å². The second-order valence-electron chi connectivity index (χ2n) is 6.18. The summed E-state index contributed by atoms with van der Waals surface area (Å²) in [4.78, 5) is 28.5. The van der Waals surface area contributed by atoms with Crippen molar-refractivity contribution in [3.05, 3.63) is 54.0 Å². The maximum absolute atomic E-state index is 12.7. The van der Waals surface area contributed by atoms with Crippen molar-refractivity contribution in [1.82, 2.24) is 9.80 Å². The number of furan rings is 1. The number of carbonyl (C=O) groups is 2. The van der Waals surface area contributed by atoms with Gasteiger partial charge in [-0.2, -0.15) is 0 Å². The summed E-state index contributed by atoms with van der Waals surface area (Å²) in [6.07, 6.45) is 2.57. The number of methoxy groups -OCH3 is 2. The summed E-state index contributed by atoms with van der Waals surface area (Å²) in [5.41, 5.74) is 1.42. The first-order chi connectivity index (χ1) is 12.6. The Balaban J connectivity index is 1.73. The van der Waals surface area contributed by atoms with Gasteiger partial charge in [-0.05, 0) is 23.8 Å². The van der Waals surface area contributed by atoms with Crippen molar-refractivity contribution in [3.63, 3.8) is 0 Å². The molecule has 1 aromatic carbocycles. The maximum atomic E-state index is 12.7. The summed E-state index contributed by atoms with van der Waals surface area (Å²) in [6, 6.07) is 9.16. The molecule has 1 aliphatic rings. The summed E-state index contributed by atoms with van der Waals surface area (Å²) >= 11 is 0. The van der Waals surface area contributed by atoms with Gasteiger partial charge in [0.25, 0.3) is 5.91 Å². The number of hydrogen-bond donors (Lipinski definition) is 0. The number of amides is 2. The number of nitrogens with zero attached hydrogens (tertiary/aromatic N) is 2. The first kappa shape index (κ1) is 18.0. The third-order valence-electron chi connectivity index (χ3n) is 4.45. The van der Waals surface area contributed by atoms with Crippen LogP contribution in [0.3, 0.4) is 0 Å². The van der Waals surface area contributed by atoms with Crippen molar-refractivity contribution in [2.75, 3.05) is 33.9 Å². The van der Waals surface area contributed by atoms with E-state index in [1.807, 2.05) is 24.3 Å². The molecule has 1 aromatic heterocycles. The molecule has 1 saturated heterocycles. The van der Waals surface area contributed by atoms with E-state index in [0.717, 1.165) is 11.3 Å². The Morgan fingerprint density at radius 1 is 1.19 bits per heavy atom. The van der Waals surface area contributed by atoms with E-state index in [4.69, 9.17) is 13.9 Å². The lowest BCUT2D eigenvalue weighted by Crippen LogP contribution is -2.39. The minimum Gasteiger partial charge on any atom is -0.497 e. The molecule has 1 aliphatic heterocycles. The molecule has 1 fully saturated rings. The van der Waals surface area contributed by atoms with Crippen molar-refractivity contribution in [2.45, 2.75) is 12.6 Å². The second-order valence-corrected chi connectivity index (χ2v) is 6.18. The van der Waals surface area contributed by atoms with Crippen LogP contribution in [-0.2, 0) is 16.1 Å². The van der Waals surface area contributed by atoms with Gasteiger partial charge in [0.15, 0.2) is 0 Å². The van der Waals surface area contributed by atoms with Crippen LogP contribution < -0.4 is 4.74 Å². The lowest BCUT2D eigenvalue weighted by Gasteiger charge is -2.23. The standard InChI is InChI=1S/C19H22N2O5/c1-24-16-5-3-14(4-6-16)9-20-10-17(25-2)11-21(12-18(20)22)19(23)15-7-8-26-13-15/h3-8,13,17H,9-12H2,1-2H3. The van der Waals surface area contributed by atoms with Crippen molar-refractivity contribution >= 4 is 11.8 Å². The Kier molecular flexibility index (Phi) is 5.58. The molecule has 2 amide bonds. The number of hydrogen-bond acceptors (Lipinski definition) is 5. The van der Waals surface area contributed by atoms with Crippen LogP contribution >= 0.6 is 0 Å². The maximum Gasteiger partial charge on any atom is 0.257 e. The van der Waals surface area contributed by atoms with E-state index in [0.29, 0.717) is 25.2 Å². The fraction of sp³-hybridized carbons (Fsp3) is 0.368. The Hall–Kier alpha value is -2.80. The predicted octanol–water partition coefficient (Wildman–Crippen LogP) is 1.79. The molecular formula is C19H22N2O5. The average molecular weight is 358 g/mol. The van der Waals surface area contributed by atoms with Gasteiger partial charge in [0, 0.05) is 26.7 Å². The zero-order chi connectivity index (χ0) is 18.5. The molecule has 0 aliphatic carbocycles. The van der Waals surface area contributed by atoms with Gasteiger partial charge in [0.2, 0.25) is 5.91 Å². The summed E-state index contributed by atoms with van der Waals surface area (Å²) in [5, 5.41) is 0. The minimum atomic E-state index is -0.254. The zero-order valence-corrected chi connectivity index (χ0v) is 14.9. The monoisotopic (exact) mass is 358 g/mol. The number of rotatable bonds is 5. The van der Waals surface area contributed by atoms with E-state index < -0.39 is 0 Å². The molecule has 0 radical (unpaired) electrons. The fourth-order valence-corrected chi connectivity index (χ4v) is 2.96. The first-order valence-corrected chi connectivity index (χ1v) is 8.35. The molecule has 0 N–H and O–H groups in total. The SMILES string of the molecule is COc1ccc(CN2CC(OC)CN(C(=O)c3ccoc3)CC2=O)cc1. The molecule has 7 nitrogen and oxygen atoms in total. The third-order valence-corrected chi connectivity index (χ3v) is 4.45. The second kappa shape index (κ2) is 8.05. The van der Waals surface area contributed by atoms with Gasteiger partial charge in [0.05, 0.1) is 25.0 Å². The molecular weight excluding hydrogens is 336 g/mol. The number of ether oxygens (including phenoxy) is 2. The van der Waals surface area contributed by atoms with Gasteiger partial charge in [-0.15, -0.1) is 0 Å². The first-order valence-electron chi connectivity index (χ1n) is 8.35. The van der Waals surface area contributed by atoms with Crippen LogP contribution in [0, 0.1) is 0 Å². The van der Waals surface area contributed by atoms with Crippen molar-refractivity contribution in [3.8, 4) is 5.75 Å². The number of carbonyl (C=O) groups excluding carboxylic acids is 2. The molecule has 138 valence electrons. The molecule has 7 heteroatoms. The molecule has 2 heterocycles. The van der Waals surface area contributed by atoms with Crippen molar-refractivity contribution in [2.24, 2.45) is 0 Å². The highest BCUT2D eigenvalue weighted by atomic mass is 16.5. The van der Waals surface area contributed by atoms with Crippen LogP contribution in [0.2, 0.25) is 0 Å². The van der Waals surface area contributed by atoms with E-state index >= 15 is 0 Å². The van der Waals surface area contributed by atoms with Crippen LogP contribution in [0.25, 0.3) is 0 Å². The molecule has 2 aromatic rings. The van der Waals surface area contributed by atoms with Gasteiger partial charge >= 0.3 is 0 Å². The lowest BCUT2D eigenvalue weighted by atomic mass is 10.2.